The number of nitrogens with zero attached hydrogens (tertiary/aromatic N) is 1. The lowest BCUT2D eigenvalue weighted by atomic mass is 9.89. The maximum atomic E-state index is 11.8. The monoisotopic (exact) mass is 205 g/mol. The summed E-state index contributed by atoms with van der Waals surface area (Å²) in [4.78, 5) is 11.8. The van der Waals surface area contributed by atoms with Crippen LogP contribution in [0, 0.1) is 0 Å². The van der Waals surface area contributed by atoms with Gasteiger partial charge in [0, 0.05) is 12.0 Å². The number of oxime groups is 1. The molecule has 1 aromatic rings. The Balaban J connectivity index is 2.49. The van der Waals surface area contributed by atoms with Gasteiger partial charge in [-0.25, -0.2) is 0 Å². The van der Waals surface area contributed by atoms with E-state index in [1.165, 1.54) is 0 Å². The van der Waals surface area contributed by atoms with Gasteiger partial charge in [0.05, 0.1) is 7.11 Å². The molecular formula is C11H11NO3. The minimum atomic E-state index is -0.211. The number of aryl methyl sites for hydroxylation is 1. The molecule has 0 saturated carbocycles. The van der Waals surface area contributed by atoms with Crippen molar-refractivity contribution in [2.24, 2.45) is 5.16 Å². The predicted molar refractivity (Wildman–Crippen MR) is 54.9 cm³/mol. The molecular weight excluding hydrogens is 194 g/mol. The van der Waals surface area contributed by atoms with Crippen molar-refractivity contribution in [3.8, 4) is 5.75 Å². The SMILES string of the molecule is COc1ccc2c(c1)C(=O)/C(=N\O)CC2. The standard InChI is InChI=1S/C11H11NO3/c1-15-8-4-2-7-3-5-10(12-14)11(13)9(7)6-8/h2,4,6,14H,3,5H2,1H3/b12-10-. The number of hydrogen-bond acceptors (Lipinski definition) is 4. The zero-order valence-electron chi connectivity index (χ0n) is 8.36. The van der Waals surface area contributed by atoms with Gasteiger partial charge in [-0.3, -0.25) is 4.79 Å². The minimum Gasteiger partial charge on any atom is -0.497 e. The number of carbonyl (C=O) groups excluding carboxylic acids is 1. The number of carbonyl (C=O) groups is 1. The Morgan fingerprint density at radius 1 is 1.40 bits per heavy atom. The molecule has 0 radical (unpaired) electrons. The highest BCUT2D eigenvalue weighted by molar-refractivity contribution is 6.47. The van der Waals surface area contributed by atoms with Crippen LogP contribution in [0.1, 0.15) is 22.3 Å². The average molecular weight is 205 g/mol. The van der Waals surface area contributed by atoms with E-state index in [9.17, 15) is 4.79 Å². The fourth-order valence-electron chi connectivity index (χ4n) is 1.73. The molecule has 1 aliphatic rings. The highest BCUT2D eigenvalue weighted by Crippen LogP contribution is 2.24. The predicted octanol–water partition coefficient (Wildman–Crippen LogP) is 1.65. The van der Waals surface area contributed by atoms with E-state index in [0.29, 0.717) is 17.7 Å². The number of rotatable bonds is 1. The molecule has 1 N–H and O–H groups in total. The molecule has 0 amide bonds. The number of benzene rings is 1. The van der Waals surface area contributed by atoms with Gasteiger partial charge in [-0.05, 0) is 24.1 Å². The third-order valence-electron chi connectivity index (χ3n) is 2.58. The maximum Gasteiger partial charge on any atom is 0.210 e. The van der Waals surface area contributed by atoms with Gasteiger partial charge >= 0.3 is 0 Å². The smallest absolute Gasteiger partial charge is 0.210 e. The van der Waals surface area contributed by atoms with Gasteiger partial charge in [-0.15, -0.1) is 0 Å². The Kier molecular flexibility index (Phi) is 2.41. The summed E-state index contributed by atoms with van der Waals surface area (Å²) in [6, 6.07) is 5.38. The van der Waals surface area contributed by atoms with Gasteiger partial charge < -0.3 is 9.94 Å². The Labute approximate surface area is 87.2 Å². The van der Waals surface area contributed by atoms with Crippen LogP contribution in [0.2, 0.25) is 0 Å². The first-order valence-electron chi connectivity index (χ1n) is 4.69. The summed E-state index contributed by atoms with van der Waals surface area (Å²) in [5.41, 5.74) is 1.78. The number of ketones is 1. The summed E-state index contributed by atoms with van der Waals surface area (Å²) in [6.07, 6.45) is 1.22. The highest BCUT2D eigenvalue weighted by atomic mass is 16.5. The number of Topliss-reactive ketones (excluding diaryl/α,β-unsaturated/α-hetero) is 1. The molecule has 0 bridgehead atoms. The van der Waals surface area contributed by atoms with E-state index in [1.807, 2.05) is 12.1 Å². The third-order valence-corrected chi connectivity index (χ3v) is 2.58. The normalized spacial score (nSPS) is 17.7. The summed E-state index contributed by atoms with van der Waals surface area (Å²) in [6.45, 7) is 0. The lowest BCUT2D eigenvalue weighted by molar-refractivity contribution is 0.105. The van der Waals surface area contributed by atoms with Gasteiger partial charge in [0.2, 0.25) is 5.78 Å². The van der Waals surface area contributed by atoms with E-state index in [4.69, 9.17) is 9.94 Å². The van der Waals surface area contributed by atoms with Gasteiger partial charge in [0.15, 0.2) is 0 Å². The quantitative estimate of drug-likeness (QED) is 0.560. The molecule has 0 atom stereocenters. The van der Waals surface area contributed by atoms with Gasteiger partial charge in [0.25, 0.3) is 0 Å². The second kappa shape index (κ2) is 3.73. The number of ether oxygens (including phenoxy) is 1. The molecule has 0 fully saturated rings. The molecule has 0 spiro atoms. The first-order valence-corrected chi connectivity index (χ1v) is 4.69. The van der Waals surface area contributed by atoms with Crippen molar-refractivity contribution >= 4 is 11.5 Å². The van der Waals surface area contributed by atoms with Crippen LogP contribution in [0.4, 0.5) is 0 Å². The van der Waals surface area contributed by atoms with Crippen molar-refractivity contribution in [3.05, 3.63) is 29.3 Å². The molecule has 1 aromatic carbocycles. The zero-order valence-corrected chi connectivity index (χ0v) is 8.36. The van der Waals surface area contributed by atoms with Crippen LogP contribution in [0.3, 0.4) is 0 Å². The van der Waals surface area contributed by atoms with Crippen molar-refractivity contribution in [2.75, 3.05) is 7.11 Å². The van der Waals surface area contributed by atoms with Crippen LogP contribution >= 0.6 is 0 Å². The van der Waals surface area contributed by atoms with E-state index in [1.54, 1.807) is 13.2 Å². The second-order valence-corrected chi connectivity index (χ2v) is 3.40. The topological polar surface area (TPSA) is 58.9 Å². The third kappa shape index (κ3) is 1.58. The van der Waals surface area contributed by atoms with Gasteiger partial charge in [-0.2, -0.15) is 0 Å². The van der Waals surface area contributed by atoms with Crippen molar-refractivity contribution in [3.63, 3.8) is 0 Å². The summed E-state index contributed by atoms with van der Waals surface area (Å²) in [5, 5.41) is 11.7. The Bertz CT molecular complexity index is 437. The number of methoxy groups -OCH3 is 1. The first-order chi connectivity index (χ1) is 7.26. The molecule has 0 aliphatic heterocycles. The minimum absolute atomic E-state index is 0.211. The largest absolute Gasteiger partial charge is 0.497 e. The molecule has 4 nitrogen and oxygen atoms in total. The summed E-state index contributed by atoms with van der Waals surface area (Å²) in [7, 11) is 1.55. The molecule has 0 unspecified atom stereocenters. The van der Waals surface area contributed by atoms with E-state index >= 15 is 0 Å². The molecule has 2 rings (SSSR count). The average Bonchev–Trinajstić information content (AvgIpc) is 2.29. The van der Waals surface area contributed by atoms with Crippen molar-refractivity contribution < 1.29 is 14.7 Å². The molecule has 0 heterocycles. The van der Waals surface area contributed by atoms with E-state index in [-0.39, 0.29) is 11.5 Å². The van der Waals surface area contributed by atoms with Crippen LogP contribution in [0.25, 0.3) is 0 Å². The number of fused-ring (bicyclic) bond motifs is 1. The second-order valence-electron chi connectivity index (χ2n) is 3.40. The summed E-state index contributed by atoms with van der Waals surface area (Å²) >= 11 is 0. The van der Waals surface area contributed by atoms with E-state index < -0.39 is 0 Å². The highest BCUT2D eigenvalue weighted by Gasteiger charge is 2.24. The fraction of sp³-hybridized carbons (Fsp3) is 0.273. The van der Waals surface area contributed by atoms with Crippen molar-refractivity contribution in [2.45, 2.75) is 12.8 Å². The first kappa shape index (κ1) is 9.71. The number of hydrogen-bond donors (Lipinski definition) is 1. The van der Waals surface area contributed by atoms with Gasteiger partial charge in [-0.1, -0.05) is 11.2 Å². The molecule has 0 aromatic heterocycles. The Morgan fingerprint density at radius 3 is 2.87 bits per heavy atom. The summed E-state index contributed by atoms with van der Waals surface area (Å²) < 4.78 is 5.04. The molecule has 1 aliphatic carbocycles. The van der Waals surface area contributed by atoms with Gasteiger partial charge in [0.1, 0.15) is 11.5 Å². The Hall–Kier alpha value is -1.84. The van der Waals surface area contributed by atoms with Crippen molar-refractivity contribution in [1.29, 1.82) is 0 Å². The van der Waals surface area contributed by atoms with Crippen LogP contribution in [-0.4, -0.2) is 23.8 Å². The van der Waals surface area contributed by atoms with Crippen molar-refractivity contribution in [1.82, 2.24) is 0 Å². The zero-order chi connectivity index (χ0) is 10.8. The fourth-order valence-corrected chi connectivity index (χ4v) is 1.73. The molecule has 4 heteroatoms. The molecule has 0 saturated heterocycles. The van der Waals surface area contributed by atoms with Crippen LogP contribution in [0.15, 0.2) is 23.4 Å². The molecule has 15 heavy (non-hydrogen) atoms. The summed E-state index contributed by atoms with van der Waals surface area (Å²) in [5.74, 6) is 0.430. The van der Waals surface area contributed by atoms with Crippen LogP contribution < -0.4 is 4.74 Å². The molecule has 78 valence electrons. The lowest BCUT2D eigenvalue weighted by Gasteiger charge is -2.15. The van der Waals surface area contributed by atoms with Crippen LogP contribution in [-0.2, 0) is 6.42 Å². The maximum absolute atomic E-state index is 11.8. The van der Waals surface area contributed by atoms with E-state index in [2.05, 4.69) is 5.16 Å². The van der Waals surface area contributed by atoms with Crippen LogP contribution in [0.5, 0.6) is 5.75 Å². The lowest BCUT2D eigenvalue weighted by Crippen LogP contribution is -2.22. The van der Waals surface area contributed by atoms with E-state index in [0.717, 1.165) is 12.0 Å². The Morgan fingerprint density at radius 2 is 2.20 bits per heavy atom.